The first-order valence-electron chi connectivity index (χ1n) is 11.3. The van der Waals surface area contributed by atoms with Gasteiger partial charge in [0.25, 0.3) is 0 Å². The summed E-state index contributed by atoms with van der Waals surface area (Å²) >= 11 is 0. The van der Waals surface area contributed by atoms with Gasteiger partial charge in [0, 0.05) is 0 Å². The monoisotopic (exact) mass is 408 g/mol. The Kier molecular flexibility index (Phi) is 17.0. The number of likely N-dealkylation sites (N-methyl/N-ethyl adjacent to an activating group) is 1. The van der Waals surface area contributed by atoms with Gasteiger partial charge in [0.2, 0.25) is 0 Å². The van der Waals surface area contributed by atoms with Gasteiger partial charge in [-0.1, -0.05) is 84.0 Å². The number of hydrogen-bond acceptors (Lipinski definition) is 3. The van der Waals surface area contributed by atoms with E-state index < -0.39 is 7.82 Å². The molecule has 0 aliphatic rings. The SMILES string of the molecule is CCCCCCCCCCCCCCCOP(=O)(O)OCC[N+](C)(C)CC. The number of hydrogen-bond donors (Lipinski definition) is 1. The van der Waals surface area contributed by atoms with Gasteiger partial charge in [-0.05, 0) is 13.3 Å². The lowest BCUT2D eigenvalue weighted by atomic mass is 10.0. The molecular formula is C21H47NO4P+. The minimum absolute atomic E-state index is 0.243. The van der Waals surface area contributed by atoms with E-state index in [1.807, 2.05) is 0 Å². The van der Waals surface area contributed by atoms with Crippen LogP contribution in [0, 0.1) is 0 Å². The molecule has 0 bridgehead atoms. The van der Waals surface area contributed by atoms with Gasteiger partial charge in [0.05, 0.1) is 27.2 Å². The molecule has 1 unspecified atom stereocenters. The first-order chi connectivity index (χ1) is 12.8. The second-order valence-electron chi connectivity index (χ2n) is 8.35. The molecule has 0 amide bonds. The Hall–Kier alpha value is 0.0700. The third-order valence-corrected chi connectivity index (χ3v) is 6.33. The Balaban J connectivity index is 3.39. The molecule has 0 fully saturated rings. The zero-order valence-corrected chi connectivity index (χ0v) is 19.5. The molecule has 1 N–H and O–H groups in total. The summed E-state index contributed by atoms with van der Waals surface area (Å²) < 4.78 is 22.7. The molecule has 0 radical (unpaired) electrons. The number of phosphoric ester groups is 1. The molecule has 0 rings (SSSR count). The van der Waals surface area contributed by atoms with Crippen LogP contribution >= 0.6 is 7.82 Å². The first kappa shape index (κ1) is 27.1. The van der Waals surface area contributed by atoms with E-state index in [-0.39, 0.29) is 6.61 Å². The summed E-state index contributed by atoms with van der Waals surface area (Å²) in [6, 6.07) is 0. The molecule has 0 spiro atoms. The molecular weight excluding hydrogens is 361 g/mol. The zero-order chi connectivity index (χ0) is 20.4. The quantitative estimate of drug-likeness (QED) is 0.146. The van der Waals surface area contributed by atoms with Crippen LogP contribution in [0.5, 0.6) is 0 Å². The normalized spacial score (nSPS) is 14.4. The van der Waals surface area contributed by atoms with E-state index in [4.69, 9.17) is 9.05 Å². The van der Waals surface area contributed by atoms with E-state index in [1.54, 1.807) is 0 Å². The van der Waals surface area contributed by atoms with Crippen LogP contribution < -0.4 is 0 Å². The molecule has 0 aromatic heterocycles. The summed E-state index contributed by atoms with van der Waals surface area (Å²) in [4.78, 5) is 9.68. The average Bonchev–Trinajstić information content (AvgIpc) is 2.61. The van der Waals surface area contributed by atoms with Gasteiger partial charge in [0.1, 0.15) is 13.2 Å². The van der Waals surface area contributed by atoms with Crippen LogP contribution in [0.3, 0.4) is 0 Å². The molecule has 27 heavy (non-hydrogen) atoms. The summed E-state index contributed by atoms with van der Waals surface area (Å²) in [5.41, 5.74) is 0. The fourth-order valence-electron chi connectivity index (χ4n) is 2.90. The van der Waals surface area contributed by atoms with Gasteiger partial charge in [-0.2, -0.15) is 0 Å². The maximum absolute atomic E-state index is 11.8. The van der Waals surface area contributed by atoms with Crippen molar-refractivity contribution in [3.05, 3.63) is 0 Å². The highest BCUT2D eigenvalue weighted by Gasteiger charge is 2.22. The van der Waals surface area contributed by atoms with Gasteiger partial charge in [-0.15, -0.1) is 0 Å². The van der Waals surface area contributed by atoms with Gasteiger partial charge in [0.15, 0.2) is 0 Å². The standard InChI is InChI=1S/C21H46NO4P/c1-5-7-8-9-10-11-12-13-14-15-16-17-18-20-25-27(23,24)26-21-19-22(3,4)6-2/h5-21H2,1-4H3/p+1. The van der Waals surface area contributed by atoms with Crippen molar-refractivity contribution in [3.8, 4) is 0 Å². The predicted octanol–water partition coefficient (Wildman–Crippen LogP) is 6.31. The van der Waals surface area contributed by atoms with Gasteiger partial charge in [-0.25, -0.2) is 4.57 Å². The van der Waals surface area contributed by atoms with Crippen molar-refractivity contribution in [2.24, 2.45) is 0 Å². The molecule has 0 aliphatic heterocycles. The molecule has 6 heteroatoms. The number of phosphoric acid groups is 1. The lowest BCUT2D eigenvalue weighted by molar-refractivity contribution is -0.888. The minimum atomic E-state index is -3.88. The van der Waals surface area contributed by atoms with Crippen molar-refractivity contribution in [2.45, 2.75) is 97.3 Å². The van der Waals surface area contributed by atoms with Gasteiger partial charge < -0.3 is 9.38 Å². The second-order valence-corrected chi connectivity index (χ2v) is 9.81. The van der Waals surface area contributed by atoms with Crippen LogP contribution in [0.1, 0.15) is 97.3 Å². The first-order valence-corrected chi connectivity index (χ1v) is 12.8. The molecule has 0 aromatic carbocycles. The van der Waals surface area contributed by atoms with Crippen molar-refractivity contribution in [3.63, 3.8) is 0 Å². The minimum Gasteiger partial charge on any atom is -0.327 e. The largest absolute Gasteiger partial charge is 0.472 e. The fourth-order valence-corrected chi connectivity index (χ4v) is 3.65. The van der Waals surface area contributed by atoms with Crippen molar-refractivity contribution < 1.29 is 23.0 Å². The molecule has 0 aromatic rings. The Labute approximate surface area is 169 Å². The number of quaternary nitrogens is 1. The van der Waals surface area contributed by atoms with E-state index in [0.717, 1.165) is 23.9 Å². The molecule has 5 nitrogen and oxygen atoms in total. The van der Waals surface area contributed by atoms with Crippen molar-refractivity contribution in [1.82, 2.24) is 0 Å². The maximum Gasteiger partial charge on any atom is 0.472 e. The molecule has 0 heterocycles. The number of unbranched alkanes of at least 4 members (excludes halogenated alkanes) is 12. The van der Waals surface area contributed by atoms with Crippen LogP contribution in [0.15, 0.2) is 0 Å². The zero-order valence-electron chi connectivity index (χ0n) is 18.6. The number of nitrogens with zero attached hydrogens (tertiary/aromatic N) is 1. The van der Waals surface area contributed by atoms with E-state index >= 15 is 0 Å². The smallest absolute Gasteiger partial charge is 0.327 e. The van der Waals surface area contributed by atoms with Crippen LogP contribution in [-0.2, 0) is 13.6 Å². The highest BCUT2D eigenvalue weighted by Crippen LogP contribution is 2.43. The Morgan fingerprint density at radius 2 is 1.11 bits per heavy atom. The van der Waals surface area contributed by atoms with E-state index in [9.17, 15) is 9.46 Å². The summed E-state index contributed by atoms with van der Waals surface area (Å²) in [5.74, 6) is 0. The number of rotatable bonds is 20. The molecule has 164 valence electrons. The molecule has 0 aliphatic carbocycles. The van der Waals surface area contributed by atoms with Crippen molar-refractivity contribution >= 4 is 7.82 Å². The van der Waals surface area contributed by atoms with Crippen molar-refractivity contribution in [1.29, 1.82) is 0 Å². The highest BCUT2D eigenvalue weighted by atomic mass is 31.2. The van der Waals surface area contributed by atoms with Crippen LogP contribution in [-0.4, -0.2) is 49.8 Å². The lowest BCUT2D eigenvalue weighted by Gasteiger charge is -2.28. The van der Waals surface area contributed by atoms with Gasteiger partial charge >= 0.3 is 7.82 Å². The summed E-state index contributed by atoms with van der Waals surface area (Å²) in [7, 11) is 0.256. The van der Waals surface area contributed by atoms with Crippen molar-refractivity contribution in [2.75, 3.05) is 40.4 Å². The lowest BCUT2D eigenvalue weighted by Crippen LogP contribution is -2.41. The summed E-state index contributed by atoms with van der Waals surface area (Å²) in [5, 5.41) is 0. The van der Waals surface area contributed by atoms with Crippen LogP contribution in [0.25, 0.3) is 0 Å². The highest BCUT2D eigenvalue weighted by molar-refractivity contribution is 7.47. The second kappa shape index (κ2) is 17.0. The van der Waals surface area contributed by atoms with E-state index in [2.05, 4.69) is 27.9 Å². The third-order valence-electron chi connectivity index (χ3n) is 5.31. The van der Waals surface area contributed by atoms with Crippen LogP contribution in [0.2, 0.25) is 0 Å². The Bertz CT molecular complexity index is 377. The molecule has 0 saturated heterocycles. The Morgan fingerprint density at radius 3 is 1.56 bits per heavy atom. The topological polar surface area (TPSA) is 55.8 Å². The Morgan fingerprint density at radius 1 is 0.704 bits per heavy atom. The maximum atomic E-state index is 11.8. The molecule has 1 atom stereocenters. The van der Waals surface area contributed by atoms with E-state index in [0.29, 0.717) is 13.2 Å². The predicted molar refractivity (Wildman–Crippen MR) is 115 cm³/mol. The summed E-state index contributed by atoms with van der Waals surface area (Å²) in [6.45, 7) is 6.55. The fraction of sp³-hybridized carbons (Fsp3) is 1.00. The molecule has 0 saturated carbocycles. The van der Waals surface area contributed by atoms with E-state index in [1.165, 1.54) is 70.6 Å². The summed E-state index contributed by atoms with van der Waals surface area (Å²) in [6.07, 6.45) is 16.6. The third kappa shape index (κ3) is 19.2. The average molecular weight is 409 g/mol. The van der Waals surface area contributed by atoms with Crippen LogP contribution in [0.4, 0.5) is 0 Å². The van der Waals surface area contributed by atoms with Gasteiger partial charge in [-0.3, -0.25) is 9.05 Å².